The fraction of sp³-hybridized carbons (Fsp3) is 0.182. The van der Waals surface area contributed by atoms with Gasteiger partial charge in [0.1, 0.15) is 5.52 Å². The molecule has 31 heavy (non-hydrogen) atoms. The van der Waals surface area contributed by atoms with Gasteiger partial charge < -0.3 is 20.5 Å². The summed E-state index contributed by atoms with van der Waals surface area (Å²) in [5.74, 6) is 0.828. The number of nitrogens with two attached hydrogens (primary N) is 1. The monoisotopic (exact) mass is 418 g/mol. The maximum absolute atomic E-state index is 11.8. The van der Waals surface area contributed by atoms with E-state index in [4.69, 9.17) is 15.2 Å². The standard InChI is InChI=1S/C22H22N6O3/c1-13-18(30-2)20(24-12-14-8-5-4-6-9-14)27-21(25-13)28-16-11-7-10-15(19(23)29)17(16)26-22(28)31-3/h4-11H,12H2,1-3H3,(H2,23,29)(H,24,25,27). The lowest BCUT2D eigenvalue weighted by Crippen LogP contribution is -2.12. The molecule has 0 spiro atoms. The van der Waals surface area contributed by atoms with Gasteiger partial charge in [0, 0.05) is 6.54 Å². The summed E-state index contributed by atoms with van der Waals surface area (Å²) in [4.78, 5) is 25.5. The fourth-order valence-corrected chi connectivity index (χ4v) is 3.40. The molecule has 0 radical (unpaired) electrons. The Labute approximate surface area is 178 Å². The molecule has 4 aromatic rings. The van der Waals surface area contributed by atoms with Gasteiger partial charge in [-0.1, -0.05) is 36.4 Å². The molecule has 0 saturated heterocycles. The van der Waals surface area contributed by atoms with Crippen molar-refractivity contribution in [1.29, 1.82) is 0 Å². The highest BCUT2D eigenvalue weighted by Gasteiger charge is 2.21. The zero-order chi connectivity index (χ0) is 22.0. The number of hydrogen-bond acceptors (Lipinski definition) is 7. The molecule has 0 fully saturated rings. The Bertz CT molecular complexity index is 1250. The maximum atomic E-state index is 11.8. The number of ether oxygens (including phenoxy) is 2. The van der Waals surface area contributed by atoms with Gasteiger partial charge in [-0.2, -0.15) is 9.97 Å². The number of primary amides is 1. The molecule has 0 saturated carbocycles. The third-order valence-electron chi connectivity index (χ3n) is 4.83. The number of benzene rings is 2. The number of carbonyl (C=O) groups is 1. The number of imidazole rings is 1. The second kappa shape index (κ2) is 8.31. The molecule has 158 valence electrons. The van der Waals surface area contributed by atoms with E-state index in [9.17, 15) is 4.79 Å². The molecule has 1 amide bonds. The van der Waals surface area contributed by atoms with E-state index in [2.05, 4.69) is 20.3 Å². The van der Waals surface area contributed by atoms with Crippen LogP contribution in [0.2, 0.25) is 0 Å². The van der Waals surface area contributed by atoms with Crippen LogP contribution in [0, 0.1) is 6.92 Å². The smallest absolute Gasteiger partial charge is 0.304 e. The number of para-hydroxylation sites is 1. The van der Waals surface area contributed by atoms with Crippen LogP contribution in [0.5, 0.6) is 11.8 Å². The van der Waals surface area contributed by atoms with Crippen LogP contribution in [0.15, 0.2) is 48.5 Å². The van der Waals surface area contributed by atoms with E-state index in [0.717, 1.165) is 5.56 Å². The number of nitrogens with one attached hydrogen (secondary N) is 1. The number of methoxy groups -OCH3 is 2. The van der Waals surface area contributed by atoms with E-state index in [1.54, 1.807) is 29.9 Å². The lowest BCUT2D eigenvalue weighted by Gasteiger charge is -2.15. The van der Waals surface area contributed by atoms with Crippen molar-refractivity contribution in [2.45, 2.75) is 13.5 Å². The number of anilines is 1. The van der Waals surface area contributed by atoms with Crippen molar-refractivity contribution in [2.24, 2.45) is 5.73 Å². The van der Waals surface area contributed by atoms with Crippen LogP contribution in [-0.4, -0.2) is 39.6 Å². The number of nitrogens with zero attached hydrogens (tertiary/aromatic N) is 4. The minimum absolute atomic E-state index is 0.238. The Morgan fingerprint density at radius 1 is 1.03 bits per heavy atom. The van der Waals surface area contributed by atoms with Gasteiger partial charge in [-0.3, -0.25) is 4.79 Å². The summed E-state index contributed by atoms with van der Waals surface area (Å²) < 4.78 is 12.6. The second-order valence-corrected chi connectivity index (χ2v) is 6.80. The van der Waals surface area contributed by atoms with Crippen LogP contribution in [0.1, 0.15) is 21.6 Å². The van der Waals surface area contributed by atoms with Crippen molar-refractivity contribution >= 4 is 22.8 Å². The molecular formula is C22H22N6O3. The van der Waals surface area contributed by atoms with Gasteiger partial charge in [-0.25, -0.2) is 9.55 Å². The molecule has 0 unspecified atom stereocenters. The summed E-state index contributed by atoms with van der Waals surface area (Å²) in [5.41, 5.74) is 8.56. The minimum Gasteiger partial charge on any atom is -0.491 e. The Balaban J connectivity index is 1.85. The van der Waals surface area contributed by atoms with Crippen molar-refractivity contribution < 1.29 is 14.3 Å². The summed E-state index contributed by atoms with van der Waals surface area (Å²) in [6.07, 6.45) is 0. The Kier molecular flexibility index (Phi) is 5.40. The molecule has 4 rings (SSSR count). The number of rotatable bonds is 7. The van der Waals surface area contributed by atoms with E-state index in [0.29, 0.717) is 46.4 Å². The molecule has 2 heterocycles. The van der Waals surface area contributed by atoms with Crippen molar-refractivity contribution in [1.82, 2.24) is 19.5 Å². The highest BCUT2D eigenvalue weighted by atomic mass is 16.5. The first-order valence-electron chi connectivity index (χ1n) is 9.59. The number of hydrogen-bond donors (Lipinski definition) is 2. The van der Waals surface area contributed by atoms with Crippen molar-refractivity contribution in [3.05, 3.63) is 65.4 Å². The van der Waals surface area contributed by atoms with E-state index in [1.807, 2.05) is 37.3 Å². The van der Waals surface area contributed by atoms with Crippen LogP contribution in [0.25, 0.3) is 17.0 Å². The minimum atomic E-state index is -0.574. The van der Waals surface area contributed by atoms with Gasteiger partial charge in [0.05, 0.1) is 31.0 Å². The zero-order valence-corrected chi connectivity index (χ0v) is 17.4. The first kappa shape index (κ1) is 20.1. The summed E-state index contributed by atoms with van der Waals surface area (Å²) in [5, 5.41) is 3.31. The first-order valence-corrected chi connectivity index (χ1v) is 9.59. The van der Waals surface area contributed by atoms with Gasteiger partial charge in [0.2, 0.25) is 5.95 Å². The molecule has 0 aliphatic rings. The highest BCUT2D eigenvalue weighted by molar-refractivity contribution is 6.04. The average molecular weight is 418 g/mol. The second-order valence-electron chi connectivity index (χ2n) is 6.80. The van der Waals surface area contributed by atoms with Crippen LogP contribution in [-0.2, 0) is 6.54 Å². The fourth-order valence-electron chi connectivity index (χ4n) is 3.40. The maximum Gasteiger partial charge on any atom is 0.304 e. The van der Waals surface area contributed by atoms with Gasteiger partial charge in [-0.15, -0.1) is 0 Å². The van der Waals surface area contributed by atoms with E-state index >= 15 is 0 Å². The predicted octanol–water partition coefficient (Wildman–Crippen LogP) is 2.85. The van der Waals surface area contributed by atoms with E-state index in [1.165, 1.54) is 7.11 Å². The third-order valence-corrected chi connectivity index (χ3v) is 4.83. The highest BCUT2D eigenvalue weighted by Crippen LogP contribution is 2.31. The number of fused-ring (bicyclic) bond motifs is 1. The molecule has 0 aliphatic carbocycles. The number of carbonyl (C=O) groups excluding carboxylic acids is 1. The van der Waals surface area contributed by atoms with E-state index in [-0.39, 0.29) is 6.01 Å². The van der Waals surface area contributed by atoms with Crippen LogP contribution >= 0.6 is 0 Å². The van der Waals surface area contributed by atoms with Crippen LogP contribution in [0.4, 0.5) is 5.82 Å². The normalized spacial score (nSPS) is 10.8. The first-order chi connectivity index (χ1) is 15.0. The zero-order valence-electron chi connectivity index (χ0n) is 17.4. The lowest BCUT2D eigenvalue weighted by atomic mass is 10.2. The van der Waals surface area contributed by atoms with Crippen LogP contribution in [0.3, 0.4) is 0 Å². The molecule has 0 bridgehead atoms. The number of aromatic nitrogens is 4. The third kappa shape index (κ3) is 3.73. The molecule has 0 aliphatic heterocycles. The van der Waals surface area contributed by atoms with Gasteiger partial charge in [0.15, 0.2) is 11.6 Å². The lowest BCUT2D eigenvalue weighted by molar-refractivity contribution is 0.100. The van der Waals surface area contributed by atoms with Crippen molar-refractivity contribution in [2.75, 3.05) is 19.5 Å². The molecule has 2 aromatic heterocycles. The quantitative estimate of drug-likeness (QED) is 0.474. The molecule has 3 N–H and O–H groups in total. The van der Waals surface area contributed by atoms with Crippen molar-refractivity contribution in [3.8, 4) is 17.7 Å². The summed E-state index contributed by atoms with van der Waals surface area (Å²) >= 11 is 0. The predicted molar refractivity (Wildman–Crippen MR) is 117 cm³/mol. The molecule has 2 aromatic carbocycles. The number of amides is 1. The largest absolute Gasteiger partial charge is 0.491 e. The van der Waals surface area contributed by atoms with Crippen molar-refractivity contribution in [3.63, 3.8) is 0 Å². The topological polar surface area (TPSA) is 117 Å². The molecule has 9 heteroatoms. The van der Waals surface area contributed by atoms with E-state index < -0.39 is 5.91 Å². The molecule has 9 nitrogen and oxygen atoms in total. The SMILES string of the molecule is COc1c(C)nc(-n2c(OC)nc3c(C(N)=O)cccc32)nc1NCc1ccccc1. The Hall–Kier alpha value is -4.14. The summed E-state index contributed by atoms with van der Waals surface area (Å²) in [6.45, 7) is 2.39. The average Bonchev–Trinajstić information content (AvgIpc) is 3.16. The van der Waals surface area contributed by atoms with Gasteiger partial charge in [-0.05, 0) is 24.6 Å². The summed E-state index contributed by atoms with van der Waals surface area (Å²) in [7, 11) is 3.07. The Morgan fingerprint density at radius 3 is 2.48 bits per heavy atom. The number of aryl methyl sites for hydroxylation is 1. The van der Waals surface area contributed by atoms with Gasteiger partial charge in [0.25, 0.3) is 5.91 Å². The van der Waals surface area contributed by atoms with Crippen LogP contribution < -0.4 is 20.5 Å². The summed E-state index contributed by atoms with van der Waals surface area (Å²) in [6, 6.07) is 15.3. The Morgan fingerprint density at radius 2 is 1.81 bits per heavy atom. The molecule has 0 atom stereocenters. The molecular weight excluding hydrogens is 396 g/mol. The van der Waals surface area contributed by atoms with Gasteiger partial charge >= 0.3 is 6.01 Å².